The molecule has 2 aliphatic heterocycles. The molecule has 1 N–H and O–H groups in total. The molecule has 24 heavy (non-hydrogen) atoms. The van der Waals surface area contributed by atoms with Crippen molar-refractivity contribution in [2.75, 3.05) is 36.7 Å². The van der Waals surface area contributed by atoms with Crippen molar-refractivity contribution in [3.8, 4) is 0 Å². The normalized spacial score (nSPS) is 23.8. The monoisotopic (exact) mass is 352 g/mol. The van der Waals surface area contributed by atoms with E-state index in [-0.39, 0.29) is 0 Å². The van der Waals surface area contributed by atoms with Crippen molar-refractivity contribution >= 4 is 15.7 Å². The highest BCUT2D eigenvalue weighted by Crippen LogP contribution is 2.31. The van der Waals surface area contributed by atoms with Crippen LogP contribution in [0, 0.1) is 5.92 Å². The molecule has 2 heterocycles. The molecule has 0 saturated carbocycles. The number of fused-ring (bicyclic) bond motifs is 1. The highest BCUT2D eigenvalue weighted by molar-refractivity contribution is 7.92. The minimum absolute atomic E-state index is 0.519. The van der Waals surface area contributed by atoms with Crippen LogP contribution in [0.5, 0.6) is 0 Å². The van der Waals surface area contributed by atoms with Gasteiger partial charge in [-0.2, -0.15) is 0 Å². The maximum Gasteiger partial charge on any atom is 0.232 e. The molecular formula is C18H28N2O3S. The molecule has 1 fully saturated rings. The molecule has 0 aliphatic carbocycles. The lowest BCUT2D eigenvalue weighted by molar-refractivity contribution is 0.0875. The molecule has 0 spiro atoms. The molecule has 6 heteroatoms. The topological polar surface area (TPSA) is 60.9 Å². The first-order valence-electron chi connectivity index (χ1n) is 8.85. The number of rotatable bonds is 4. The predicted molar refractivity (Wildman–Crippen MR) is 96.8 cm³/mol. The minimum Gasteiger partial charge on any atom is -0.387 e. The van der Waals surface area contributed by atoms with Crippen LogP contribution < -0.4 is 4.31 Å². The van der Waals surface area contributed by atoms with Gasteiger partial charge in [-0.05, 0) is 55.3 Å². The third-order valence-electron chi connectivity index (χ3n) is 5.14. The number of nitrogens with zero attached hydrogens (tertiary/aromatic N) is 2. The van der Waals surface area contributed by atoms with Crippen molar-refractivity contribution in [1.29, 1.82) is 0 Å². The van der Waals surface area contributed by atoms with E-state index >= 15 is 0 Å². The average molecular weight is 353 g/mol. The highest BCUT2D eigenvalue weighted by Gasteiger charge is 2.25. The molecule has 0 amide bonds. The molecule has 0 bridgehead atoms. The van der Waals surface area contributed by atoms with Crippen LogP contribution >= 0.6 is 0 Å². The number of aryl methyl sites for hydroxylation is 1. The lowest BCUT2D eigenvalue weighted by Gasteiger charge is -2.33. The fourth-order valence-electron chi connectivity index (χ4n) is 3.94. The Labute approximate surface area is 145 Å². The summed E-state index contributed by atoms with van der Waals surface area (Å²) in [5.41, 5.74) is 2.68. The average Bonchev–Trinajstić information content (AvgIpc) is 2.53. The molecule has 5 nitrogen and oxygen atoms in total. The van der Waals surface area contributed by atoms with Crippen LogP contribution in [0.25, 0.3) is 0 Å². The van der Waals surface area contributed by atoms with E-state index in [1.165, 1.54) is 23.4 Å². The smallest absolute Gasteiger partial charge is 0.232 e. The van der Waals surface area contributed by atoms with Gasteiger partial charge in [0.1, 0.15) is 0 Å². The number of aliphatic hydroxyl groups excluding tert-OH is 1. The summed E-state index contributed by atoms with van der Waals surface area (Å²) >= 11 is 0. The Morgan fingerprint density at radius 1 is 1.29 bits per heavy atom. The van der Waals surface area contributed by atoms with Crippen molar-refractivity contribution in [3.05, 3.63) is 29.3 Å². The fraction of sp³-hybridized carbons (Fsp3) is 0.667. The Balaban J connectivity index is 1.76. The molecule has 1 saturated heterocycles. The summed E-state index contributed by atoms with van der Waals surface area (Å²) < 4.78 is 25.3. The van der Waals surface area contributed by atoms with Gasteiger partial charge in [-0.3, -0.25) is 4.31 Å². The lowest BCUT2D eigenvalue weighted by Crippen LogP contribution is -2.37. The Morgan fingerprint density at radius 3 is 2.79 bits per heavy atom. The van der Waals surface area contributed by atoms with Gasteiger partial charge in [0.25, 0.3) is 0 Å². The minimum atomic E-state index is -3.24. The molecule has 3 rings (SSSR count). The summed E-state index contributed by atoms with van der Waals surface area (Å²) in [6.45, 7) is 5.55. The van der Waals surface area contributed by atoms with Crippen molar-refractivity contribution in [2.45, 2.75) is 38.7 Å². The van der Waals surface area contributed by atoms with Gasteiger partial charge in [-0.1, -0.05) is 19.1 Å². The maximum absolute atomic E-state index is 11.9. The Morgan fingerprint density at radius 2 is 2.08 bits per heavy atom. The number of β-amino-alcohol motifs (C(OH)–C–C–N with tert-alkyl or cyclic N) is 1. The number of aliphatic hydroxyl groups is 1. The molecule has 0 aromatic heterocycles. The third kappa shape index (κ3) is 3.92. The number of piperidine rings is 1. The number of hydrogen-bond donors (Lipinski definition) is 1. The summed E-state index contributed by atoms with van der Waals surface area (Å²) in [6.07, 6.45) is 4.89. The standard InChI is InChI=1S/C18H28N2O3S/c1-14-5-3-9-19(12-14)13-18(21)16-7-8-17-15(11-16)6-4-10-20(17)24(2,22)23/h7-8,11,14,18,21H,3-6,9-10,12-13H2,1-2H3/t14-,18-/m0/s1. The van der Waals surface area contributed by atoms with Crippen LogP contribution in [0.3, 0.4) is 0 Å². The van der Waals surface area contributed by atoms with Crippen LogP contribution in [0.1, 0.15) is 43.4 Å². The quantitative estimate of drug-likeness (QED) is 0.902. The first kappa shape index (κ1) is 17.7. The van der Waals surface area contributed by atoms with E-state index in [0.29, 0.717) is 19.0 Å². The summed E-state index contributed by atoms with van der Waals surface area (Å²) in [5, 5.41) is 10.6. The van der Waals surface area contributed by atoms with Gasteiger partial charge in [0, 0.05) is 19.6 Å². The molecule has 2 aliphatic rings. The van der Waals surface area contributed by atoms with E-state index < -0.39 is 16.1 Å². The summed E-state index contributed by atoms with van der Waals surface area (Å²) in [5.74, 6) is 0.692. The zero-order valence-electron chi connectivity index (χ0n) is 14.6. The predicted octanol–water partition coefficient (Wildman–Crippen LogP) is 2.16. The van der Waals surface area contributed by atoms with E-state index in [1.54, 1.807) is 0 Å². The summed E-state index contributed by atoms with van der Waals surface area (Å²) in [6, 6.07) is 5.72. The third-order valence-corrected chi connectivity index (χ3v) is 6.32. The second kappa shape index (κ2) is 7.02. The Bertz CT molecular complexity index is 690. The Hall–Kier alpha value is -1.11. The SMILES string of the molecule is C[C@H]1CCCN(C[C@H](O)c2ccc3c(c2)CCCN3S(C)(=O)=O)C1. The van der Waals surface area contributed by atoms with Gasteiger partial charge in [-0.25, -0.2) is 8.42 Å². The first-order valence-corrected chi connectivity index (χ1v) is 10.7. The zero-order valence-corrected chi connectivity index (χ0v) is 15.4. The van der Waals surface area contributed by atoms with E-state index in [9.17, 15) is 13.5 Å². The maximum atomic E-state index is 11.9. The van der Waals surface area contributed by atoms with Crippen LogP contribution in [0.2, 0.25) is 0 Å². The number of benzene rings is 1. The number of likely N-dealkylation sites (tertiary alicyclic amines) is 1. The molecular weight excluding hydrogens is 324 g/mol. The van der Waals surface area contributed by atoms with Crippen molar-refractivity contribution in [1.82, 2.24) is 4.90 Å². The van der Waals surface area contributed by atoms with E-state index in [1.807, 2.05) is 18.2 Å². The zero-order chi connectivity index (χ0) is 17.3. The number of hydrogen-bond acceptors (Lipinski definition) is 4. The highest BCUT2D eigenvalue weighted by atomic mass is 32.2. The van der Waals surface area contributed by atoms with E-state index in [0.717, 1.165) is 42.7 Å². The molecule has 1 aromatic carbocycles. The fourth-order valence-corrected chi connectivity index (χ4v) is 4.93. The summed E-state index contributed by atoms with van der Waals surface area (Å²) in [4.78, 5) is 2.33. The van der Waals surface area contributed by atoms with Crippen LogP contribution in [-0.2, 0) is 16.4 Å². The van der Waals surface area contributed by atoms with Crippen molar-refractivity contribution in [3.63, 3.8) is 0 Å². The van der Waals surface area contributed by atoms with Crippen LogP contribution in [-0.4, -0.2) is 50.9 Å². The van der Waals surface area contributed by atoms with Gasteiger partial charge in [0.05, 0.1) is 18.0 Å². The molecule has 134 valence electrons. The Kier molecular flexibility index (Phi) is 5.18. The van der Waals surface area contributed by atoms with E-state index in [2.05, 4.69) is 11.8 Å². The number of anilines is 1. The van der Waals surface area contributed by atoms with Gasteiger partial charge in [-0.15, -0.1) is 0 Å². The number of sulfonamides is 1. The van der Waals surface area contributed by atoms with Crippen LogP contribution in [0.4, 0.5) is 5.69 Å². The second-order valence-electron chi connectivity index (χ2n) is 7.35. The molecule has 2 atom stereocenters. The van der Waals surface area contributed by atoms with E-state index in [4.69, 9.17) is 0 Å². The van der Waals surface area contributed by atoms with Gasteiger partial charge >= 0.3 is 0 Å². The van der Waals surface area contributed by atoms with Gasteiger partial charge in [0.15, 0.2) is 0 Å². The molecule has 0 unspecified atom stereocenters. The molecule has 1 aromatic rings. The first-order chi connectivity index (χ1) is 11.3. The van der Waals surface area contributed by atoms with Crippen molar-refractivity contribution in [2.24, 2.45) is 5.92 Å². The lowest BCUT2D eigenvalue weighted by atomic mass is 9.97. The second-order valence-corrected chi connectivity index (χ2v) is 9.26. The van der Waals surface area contributed by atoms with Gasteiger partial charge in [0.2, 0.25) is 10.0 Å². The van der Waals surface area contributed by atoms with Gasteiger partial charge < -0.3 is 10.0 Å². The molecule has 0 radical (unpaired) electrons. The summed E-state index contributed by atoms with van der Waals surface area (Å²) in [7, 11) is -3.24. The largest absolute Gasteiger partial charge is 0.387 e. The van der Waals surface area contributed by atoms with Crippen molar-refractivity contribution < 1.29 is 13.5 Å². The van der Waals surface area contributed by atoms with Crippen LogP contribution in [0.15, 0.2) is 18.2 Å².